The summed E-state index contributed by atoms with van der Waals surface area (Å²) in [5.41, 5.74) is 3.76. The van der Waals surface area contributed by atoms with E-state index in [9.17, 15) is 4.39 Å². The summed E-state index contributed by atoms with van der Waals surface area (Å²) in [6, 6.07) is 5.95. The first kappa shape index (κ1) is 18.0. The summed E-state index contributed by atoms with van der Waals surface area (Å²) < 4.78 is 14.1. The van der Waals surface area contributed by atoms with Crippen LogP contribution in [-0.4, -0.2) is 0 Å². The van der Waals surface area contributed by atoms with Crippen molar-refractivity contribution < 1.29 is 4.39 Å². The van der Waals surface area contributed by atoms with Crippen molar-refractivity contribution in [3.63, 3.8) is 0 Å². The first-order valence-corrected chi connectivity index (χ1v) is 10.2. The molecular weight excluding hydrogens is 319 g/mol. The summed E-state index contributed by atoms with van der Waals surface area (Å²) in [5.74, 6) is 3.06. The van der Waals surface area contributed by atoms with Crippen LogP contribution >= 0.6 is 11.6 Å². The Bertz CT molecular complexity index is 549. The molecule has 0 heterocycles. The number of hydrogen-bond donors (Lipinski definition) is 0. The van der Waals surface area contributed by atoms with E-state index in [0.717, 1.165) is 23.8 Å². The van der Waals surface area contributed by atoms with E-state index in [2.05, 4.69) is 12.1 Å². The Labute approximate surface area is 151 Å². The fraction of sp³-hybridized carbons (Fsp3) is 0.636. The van der Waals surface area contributed by atoms with Crippen molar-refractivity contribution in [3.05, 3.63) is 46.8 Å². The molecule has 2 heteroatoms. The molecule has 2 aliphatic rings. The van der Waals surface area contributed by atoms with Gasteiger partial charge in [0.1, 0.15) is 5.82 Å². The number of allylic oxidation sites excluding steroid dienone is 1. The summed E-state index contributed by atoms with van der Waals surface area (Å²) in [6.07, 6.45) is 13.4. The van der Waals surface area contributed by atoms with E-state index < -0.39 is 0 Å². The number of aryl methyl sites for hydroxylation is 1. The van der Waals surface area contributed by atoms with Crippen LogP contribution in [0.15, 0.2) is 29.8 Å². The van der Waals surface area contributed by atoms with Gasteiger partial charge in [-0.1, -0.05) is 36.7 Å². The molecule has 1 aromatic carbocycles. The van der Waals surface area contributed by atoms with Crippen LogP contribution in [-0.2, 0) is 6.42 Å². The summed E-state index contributed by atoms with van der Waals surface area (Å²) in [6.45, 7) is 2.01. The molecule has 0 unspecified atom stereocenters. The average molecular weight is 349 g/mol. The molecular formula is C22H30ClF. The first-order chi connectivity index (χ1) is 11.7. The van der Waals surface area contributed by atoms with Crippen LogP contribution in [0.25, 0.3) is 0 Å². The molecule has 0 amide bonds. The van der Waals surface area contributed by atoms with Gasteiger partial charge in [-0.15, -0.1) is 0 Å². The van der Waals surface area contributed by atoms with E-state index in [-0.39, 0.29) is 5.82 Å². The Morgan fingerprint density at radius 2 is 1.62 bits per heavy atom. The lowest BCUT2D eigenvalue weighted by molar-refractivity contribution is 0.171. The van der Waals surface area contributed by atoms with E-state index in [0.29, 0.717) is 11.8 Å². The molecule has 132 valence electrons. The third-order valence-electron chi connectivity index (χ3n) is 6.53. The zero-order valence-corrected chi connectivity index (χ0v) is 15.6. The van der Waals surface area contributed by atoms with Crippen molar-refractivity contribution in [3.8, 4) is 0 Å². The van der Waals surface area contributed by atoms with E-state index in [1.165, 1.54) is 56.9 Å². The van der Waals surface area contributed by atoms with E-state index in [1.807, 2.05) is 13.0 Å². The SMILES string of the molecule is CCc1ccc(C2CCC([C@H]3CC[C@H](/C=C/Cl)CC3)CC2)cc1F. The normalized spacial score (nSPS) is 31.5. The highest BCUT2D eigenvalue weighted by Crippen LogP contribution is 2.44. The van der Waals surface area contributed by atoms with Gasteiger partial charge in [0.25, 0.3) is 0 Å². The van der Waals surface area contributed by atoms with Crippen molar-refractivity contribution in [1.29, 1.82) is 0 Å². The number of hydrogen-bond acceptors (Lipinski definition) is 0. The van der Waals surface area contributed by atoms with Crippen molar-refractivity contribution in [1.82, 2.24) is 0 Å². The second kappa shape index (κ2) is 8.52. The number of rotatable bonds is 4. The minimum Gasteiger partial charge on any atom is -0.207 e. The van der Waals surface area contributed by atoms with E-state index >= 15 is 0 Å². The van der Waals surface area contributed by atoms with Gasteiger partial charge in [-0.3, -0.25) is 0 Å². The van der Waals surface area contributed by atoms with Gasteiger partial charge in [0.05, 0.1) is 0 Å². The zero-order valence-electron chi connectivity index (χ0n) is 14.8. The highest BCUT2D eigenvalue weighted by Gasteiger charge is 2.30. The minimum absolute atomic E-state index is 0.0113. The summed E-state index contributed by atoms with van der Waals surface area (Å²) in [5, 5.41) is 0. The molecule has 0 saturated heterocycles. The topological polar surface area (TPSA) is 0 Å². The van der Waals surface area contributed by atoms with Gasteiger partial charge in [-0.25, -0.2) is 4.39 Å². The van der Waals surface area contributed by atoms with Crippen molar-refractivity contribution in [2.24, 2.45) is 17.8 Å². The van der Waals surface area contributed by atoms with Gasteiger partial charge in [-0.05, 0) is 98.7 Å². The Morgan fingerprint density at radius 1 is 1.00 bits per heavy atom. The van der Waals surface area contributed by atoms with Crippen LogP contribution in [0.1, 0.15) is 75.3 Å². The summed E-state index contributed by atoms with van der Waals surface area (Å²) >= 11 is 5.72. The molecule has 0 bridgehead atoms. The van der Waals surface area contributed by atoms with Gasteiger partial charge in [0.15, 0.2) is 0 Å². The number of benzene rings is 1. The molecule has 2 aliphatic carbocycles. The lowest BCUT2D eigenvalue weighted by Gasteiger charge is -2.37. The van der Waals surface area contributed by atoms with Gasteiger partial charge in [0.2, 0.25) is 0 Å². The maximum Gasteiger partial charge on any atom is 0.126 e. The molecule has 0 radical (unpaired) electrons. The molecule has 0 spiro atoms. The Balaban J connectivity index is 1.52. The predicted octanol–water partition coefficient (Wildman–Crippen LogP) is 7.22. The smallest absolute Gasteiger partial charge is 0.126 e. The lowest BCUT2D eigenvalue weighted by Crippen LogP contribution is -2.25. The zero-order chi connectivity index (χ0) is 16.9. The molecule has 2 saturated carbocycles. The second-order valence-corrected chi connectivity index (χ2v) is 8.06. The largest absolute Gasteiger partial charge is 0.207 e. The maximum absolute atomic E-state index is 14.1. The van der Waals surface area contributed by atoms with Gasteiger partial charge in [-0.2, -0.15) is 0 Å². The Morgan fingerprint density at radius 3 is 2.17 bits per heavy atom. The highest BCUT2D eigenvalue weighted by atomic mass is 35.5. The third kappa shape index (κ3) is 4.23. The molecule has 1 aromatic rings. The molecule has 0 nitrogen and oxygen atoms in total. The van der Waals surface area contributed by atoms with E-state index in [4.69, 9.17) is 11.6 Å². The van der Waals surface area contributed by atoms with Crippen molar-refractivity contribution >= 4 is 11.6 Å². The van der Waals surface area contributed by atoms with Gasteiger partial charge >= 0.3 is 0 Å². The van der Waals surface area contributed by atoms with Crippen LogP contribution in [0.5, 0.6) is 0 Å². The van der Waals surface area contributed by atoms with Crippen LogP contribution in [0, 0.1) is 23.6 Å². The molecule has 24 heavy (non-hydrogen) atoms. The minimum atomic E-state index is -0.0113. The quantitative estimate of drug-likeness (QED) is 0.538. The van der Waals surface area contributed by atoms with Crippen LogP contribution in [0.2, 0.25) is 0 Å². The van der Waals surface area contributed by atoms with Crippen LogP contribution in [0.3, 0.4) is 0 Å². The number of halogens is 2. The van der Waals surface area contributed by atoms with Gasteiger partial charge in [0, 0.05) is 5.54 Å². The van der Waals surface area contributed by atoms with E-state index in [1.54, 1.807) is 11.6 Å². The third-order valence-corrected chi connectivity index (χ3v) is 6.67. The lowest BCUT2D eigenvalue weighted by atomic mass is 9.68. The predicted molar refractivity (Wildman–Crippen MR) is 101 cm³/mol. The first-order valence-electron chi connectivity index (χ1n) is 9.76. The standard InChI is InChI=1S/C22H30ClF/c1-2-17-7-12-21(15-22(17)24)20-10-8-19(9-11-20)18-5-3-16(4-6-18)13-14-23/h7,12-16,18-20H,2-6,8-11H2,1H3/b14-13+/t16-,18-,19?,20?. The summed E-state index contributed by atoms with van der Waals surface area (Å²) in [4.78, 5) is 0. The average Bonchev–Trinajstić information content (AvgIpc) is 2.63. The monoisotopic (exact) mass is 348 g/mol. The van der Waals surface area contributed by atoms with Crippen molar-refractivity contribution in [2.45, 2.75) is 70.6 Å². The van der Waals surface area contributed by atoms with Crippen LogP contribution < -0.4 is 0 Å². The Hall–Kier alpha value is -0.820. The highest BCUT2D eigenvalue weighted by molar-refractivity contribution is 6.25. The maximum atomic E-state index is 14.1. The molecule has 2 fully saturated rings. The fourth-order valence-corrected chi connectivity index (χ4v) is 5.15. The molecule has 3 rings (SSSR count). The fourth-order valence-electron chi connectivity index (χ4n) is 4.94. The van der Waals surface area contributed by atoms with Gasteiger partial charge < -0.3 is 0 Å². The van der Waals surface area contributed by atoms with Crippen LogP contribution in [0.4, 0.5) is 4.39 Å². The van der Waals surface area contributed by atoms with Crippen molar-refractivity contribution in [2.75, 3.05) is 0 Å². The molecule has 0 aromatic heterocycles. The molecule has 0 N–H and O–H groups in total. The summed E-state index contributed by atoms with van der Waals surface area (Å²) in [7, 11) is 0. The second-order valence-electron chi connectivity index (χ2n) is 7.81. The Kier molecular flexibility index (Phi) is 6.38. The molecule has 0 aliphatic heterocycles. The molecule has 0 atom stereocenters.